The third-order valence-corrected chi connectivity index (χ3v) is 4.22. The lowest BCUT2D eigenvalue weighted by Crippen LogP contribution is -2.52. The van der Waals surface area contributed by atoms with Crippen LogP contribution in [0.1, 0.15) is 26.2 Å². The van der Waals surface area contributed by atoms with Crippen LogP contribution in [0.15, 0.2) is 12.4 Å². The van der Waals surface area contributed by atoms with Crippen molar-refractivity contribution in [3.8, 4) is 0 Å². The summed E-state index contributed by atoms with van der Waals surface area (Å²) in [6.07, 6.45) is 6.58. The fourth-order valence-corrected chi connectivity index (χ4v) is 3.10. The molecule has 2 heterocycles. The predicted octanol–water partition coefficient (Wildman–Crippen LogP) is 0.999. The Labute approximate surface area is 118 Å². The van der Waals surface area contributed by atoms with E-state index in [0.29, 0.717) is 6.04 Å². The summed E-state index contributed by atoms with van der Waals surface area (Å²) in [5.74, 6) is 0.168. The van der Waals surface area contributed by atoms with Gasteiger partial charge in [-0.1, -0.05) is 0 Å². The molecule has 0 aromatic carbocycles. The zero-order valence-corrected chi connectivity index (χ0v) is 11.8. The number of aryl methyl sites for hydroxylation is 1. The van der Waals surface area contributed by atoms with Crippen LogP contribution in [-0.2, 0) is 16.1 Å². The lowest BCUT2D eigenvalue weighted by molar-refractivity contribution is -0.123. The second-order valence-corrected chi connectivity index (χ2v) is 5.55. The summed E-state index contributed by atoms with van der Waals surface area (Å²) in [7, 11) is 0. The van der Waals surface area contributed by atoms with Crippen LogP contribution in [0, 0.1) is 5.92 Å². The van der Waals surface area contributed by atoms with Crippen LogP contribution >= 0.6 is 0 Å². The van der Waals surface area contributed by atoms with Crippen molar-refractivity contribution in [2.24, 2.45) is 5.92 Å². The molecule has 2 aliphatic rings. The van der Waals surface area contributed by atoms with Crippen LogP contribution in [0.25, 0.3) is 0 Å². The lowest BCUT2D eigenvalue weighted by atomic mass is 9.82. The molecule has 6 nitrogen and oxygen atoms in total. The Balaban J connectivity index is 1.57. The van der Waals surface area contributed by atoms with E-state index in [-0.39, 0.29) is 17.9 Å². The molecule has 1 aromatic rings. The highest BCUT2D eigenvalue weighted by Crippen LogP contribution is 2.29. The van der Waals surface area contributed by atoms with Gasteiger partial charge in [-0.25, -0.2) is 0 Å². The van der Waals surface area contributed by atoms with Crippen molar-refractivity contribution in [1.29, 1.82) is 0 Å². The average Bonchev–Trinajstić information content (AvgIpc) is 2.94. The summed E-state index contributed by atoms with van der Waals surface area (Å²) >= 11 is 0. The van der Waals surface area contributed by atoms with E-state index in [9.17, 15) is 4.79 Å². The maximum atomic E-state index is 12.3. The molecule has 0 radical (unpaired) electrons. The van der Waals surface area contributed by atoms with Gasteiger partial charge < -0.3 is 15.4 Å². The van der Waals surface area contributed by atoms with E-state index < -0.39 is 0 Å². The Hall–Kier alpha value is -1.40. The van der Waals surface area contributed by atoms with Crippen molar-refractivity contribution in [2.75, 3.05) is 18.5 Å². The molecule has 1 saturated carbocycles. The second kappa shape index (κ2) is 5.93. The number of carbonyl (C=O) groups excluding carboxylic acids is 1. The Kier molecular flexibility index (Phi) is 4.03. The summed E-state index contributed by atoms with van der Waals surface area (Å²) in [4.78, 5) is 12.3. The van der Waals surface area contributed by atoms with Crippen LogP contribution in [0.5, 0.6) is 0 Å². The van der Waals surface area contributed by atoms with E-state index in [4.69, 9.17) is 4.74 Å². The van der Waals surface area contributed by atoms with Gasteiger partial charge in [-0.2, -0.15) is 5.10 Å². The fraction of sp³-hybridized carbons (Fsp3) is 0.714. The predicted molar refractivity (Wildman–Crippen MR) is 75.4 cm³/mol. The van der Waals surface area contributed by atoms with Gasteiger partial charge in [0.2, 0.25) is 5.91 Å². The molecule has 2 fully saturated rings. The molecule has 1 amide bonds. The smallest absolute Gasteiger partial charge is 0.227 e. The van der Waals surface area contributed by atoms with Gasteiger partial charge in [0.05, 0.1) is 24.6 Å². The van der Waals surface area contributed by atoms with E-state index in [1.165, 1.54) is 0 Å². The molecule has 20 heavy (non-hydrogen) atoms. The molecule has 2 N–H and O–H groups in total. The Morgan fingerprint density at radius 3 is 3.30 bits per heavy atom. The van der Waals surface area contributed by atoms with Crippen LogP contribution in [-0.4, -0.2) is 41.0 Å². The minimum Gasteiger partial charge on any atom is -0.375 e. The van der Waals surface area contributed by atoms with Crippen molar-refractivity contribution < 1.29 is 9.53 Å². The highest BCUT2D eigenvalue weighted by Gasteiger charge is 2.35. The van der Waals surface area contributed by atoms with Crippen LogP contribution in [0.2, 0.25) is 0 Å². The van der Waals surface area contributed by atoms with Gasteiger partial charge >= 0.3 is 0 Å². The molecule has 1 saturated heterocycles. The number of anilines is 1. The molecular weight excluding hydrogens is 256 g/mol. The van der Waals surface area contributed by atoms with Crippen molar-refractivity contribution >= 4 is 11.6 Å². The number of morpholine rings is 1. The Morgan fingerprint density at radius 2 is 2.50 bits per heavy atom. The number of carbonyl (C=O) groups is 1. The maximum absolute atomic E-state index is 12.3. The van der Waals surface area contributed by atoms with Crippen molar-refractivity contribution in [3.05, 3.63) is 12.4 Å². The van der Waals surface area contributed by atoms with E-state index in [0.717, 1.165) is 44.6 Å². The monoisotopic (exact) mass is 278 g/mol. The average molecular weight is 278 g/mol. The summed E-state index contributed by atoms with van der Waals surface area (Å²) in [5, 5.41) is 10.6. The number of ether oxygens (including phenoxy) is 1. The first-order valence-corrected chi connectivity index (χ1v) is 7.44. The molecule has 3 atom stereocenters. The fourth-order valence-electron chi connectivity index (χ4n) is 3.10. The minimum atomic E-state index is 0.0652. The third-order valence-electron chi connectivity index (χ3n) is 4.22. The highest BCUT2D eigenvalue weighted by molar-refractivity contribution is 5.92. The van der Waals surface area contributed by atoms with Gasteiger partial charge in [0, 0.05) is 31.2 Å². The number of nitrogens with one attached hydrogen (secondary N) is 2. The van der Waals surface area contributed by atoms with Crippen LogP contribution in [0.3, 0.4) is 0 Å². The molecule has 0 bridgehead atoms. The maximum Gasteiger partial charge on any atom is 0.227 e. The van der Waals surface area contributed by atoms with Crippen molar-refractivity contribution in [2.45, 2.75) is 44.9 Å². The summed E-state index contributed by atoms with van der Waals surface area (Å²) in [6, 6.07) is 0.326. The number of hydrogen-bond acceptors (Lipinski definition) is 4. The molecule has 1 aromatic heterocycles. The van der Waals surface area contributed by atoms with Gasteiger partial charge in [-0.3, -0.25) is 9.48 Å². The first kappa shape index (κ1) is 13.6. The lowest BCUT2D eigenvalue weighted by Gasteiger charge is -2.39. The first-order valence-electron chi connectivity index (χ1n) is 7.44. The molecule has 110 valence electrons. The SMILES string of the molecule is CCn1cc(NC(=O)[C@H]2CC[C@H]3OCCN[C@@H]3C2)cn1. The van der Waals surface area contributed by atoms with Crippen molar-refractivity contribution in [3.63, 3.8) is 0 Å². The zero-order chi connectivity index (χ0) is 13.9. The van der Waals surface area contributed by atoms with Gasteiger partial charge in [-0.15, -0.1) is 0 Å². The van der Waals surface area contributed by atoms with Crippen LogP contribution < -0.4 is 10.6 Å². The topological polar surface area (TPSA) is 68.2 Å². The number of rotatable bonds is 3. The van der Waals surface area contributed by atoms with E-state index in [2.05, 4.69) is 15.7 Å². The molecule has 1 aliphatic heterocycles. The number of amides is 1. The van der Waals surface area contributed by atoms with Gasteiger partial charge in [0.15, 0.2) is 0 Å². The largest absolute Gasteiger partial charge is 0.375 e. The minimum absolute atomic E-state index is 0.0652. The number of aromatic nitrogens is 2. The number of hydrogen-bond donors (Lipinski definition) is 2. The normalized spacial score (nSPS) is 29.8. The molecule has 3 rings (SSSR count). The number of fused-ring (bicyclic) bond motifs is 1. The summed E-state index contributed by atoms with van der Waals surface area (Å²) in [6.45, 7) is 4.51. The number of nitrogens with zero attached hydrogens (tertiary/aromatic N) is 2. The quantitative estimate of drug-likeness (QED) is 0.865. The summed E-state index contributed by atoms with van der Waals surface area (Å²) < 4.78 is 7.55. The van der Waals surface area contributed by atoms with E-state index >= 15 is 0 Å². The standard InChI is InChI=1S/C14H22N4O2/c1-2-18-9-11(8-16-18)17-14(19)10-3-4-13-12(7-10)15-5-6-20-13/h8-10,12-13,15H,2-7H2,1H3,(H,17,19)/t10-,12+,13+/m0/s1. The van der Waals surface area contributed by atoms with E-state index in [1.54, 1.807) is 6.20 Å². The first-order chi connectivity index (χ1) is 9.76. The molecule has 1 aliphatic carbocycles. The van der Waals surface area contributed by atoms with Gasteiger partial charge in [0.25, 0.3) is 0 Å². The second-order valence-electron chi connectivity index (χ2n) is 5.55. The molecular formula is C14H22N4O2. The zero-order valence-electron chi connectivity index (χ0n) is 11.8. The highest BCUT2D eigenvalue weighted by atomic mass is 16.5. The Bertz CT molecular complexity index is 473. The Morgan fingerprint density at radius 1 is 1.60 bits per heavy atom. The molecule has 0 spiro atoms. The molecule has 0 unspecified atom stereocenters. The summed E-state index contributed by atoms with van der Waals surface area (Å²) in [5.41, 5.74) is 0.784. The van der Waals surface area contributed by atoms with Crippen molar-refractivity contribution in [1.82, 2.24) is 15.1 Å². The molecule has 6 heteroatoms. The van der Waals surface area contributed by atoms with Gasteiger partial charge in [-0.05, 0) is 26.2 Å². The van der Waals surface area contributed by atoms with E-state index in [1.807, 2.05) is 17.8 Å². The van der Waals surface area contributed by atoms with Gasteiger partial charge in [0.1, 0.15) is 0 Å². The van der Waals surface area contributed by atoms with Crippen LogP contribution in [0.4, 0.5) is 5.69 Å². The third kappa shape index (κ3) is 2.86.